The Bertz CT molecular complexity index is 1230. The number of para-hydroxylation sites is 2. The van der Waals surface area contributed by atoms with Gasteiger partial charge in [-0.05, 0) is 67.9 Å². The standard InChI is InChI=1S/C27H30N2O8S/c1-5-17(3)37-25(31)15-29-26(32)23(38-27(29)33)14-18-11-12-21(22(13-18)34-4)36-16-24(30)28-19-9-7-8-10-20(19)35-6-2/h7-14,17H,5-6,15-16H2,1-4H3,(H,28,30)/b23-14+/t17-/m0/s1. The summed E-state index contributed by atoms with van der Waals surface area (Å²) in [5.74, 6) is -0.400. The molecular weight excluding hydrogens is 512 g/mol. The Morgan fingerprint density at radius 1 is 1.05 bits per heavy atom. The molecule has 38 heavy (non-hydrogen) atoms. The molecule has 0 aliphatic carbocycles. The zero-order valence-corrected chi connectivity index (χ0v) is 22.5. The lowest BCUT2D eigenvalue weighted by molar-refractivity contribution is -0.150. The fourth-order valence-electron chi connectivity index (χ4n) is 3.34. The van der Waals surface area contributed by atoms with E-state index in [-0.39, 0.29) is 23.5 Å². The maximum Gasteiger partial charge on any atom is 0.326 e. The van der Waals surface area contributed by atoms with Crippen LogP contribution in [-0.2, 0) is 19.1 Å². The fraction of sp³-hybridized carbons (Fsp3) is 0.333. The lowest BCUT2D eigenvalue weighted by Gasteiger charge is -2.15. The van der Waals surface area contributed by atoms with Crippen LogP contribution in [0.1, 0.15) is 32.8 Å². The first-order valence-corrected chi connectivity index (χ1v) is 12.8. The van der Waals surface area contributed by atoms with E-state index in [0.717, 1.165) is 16.7 Å². The number of carbonyl (C=O) groups excluding carboxylic acids is 4. The van der Waals surface area contributed by atoms with Crippen molar-refractivity contribution in [2.45, 2.75) is 33.3 Å². The number of rotatable bonds is 12. The van der Waals surface area contributed by atoms with Gasteiger partial charge in [-0.2, -0.15) is 0 Å². The zero-order chi connectivity index (χ0) is 27.7. The minimum Gasteiger partial charge on any atom is -0.493 e. The van der Waals surface area contributed by atoms with Crippen molar-refractivity contribution in [2.24, 2.45) is 0 Å². The van der Waals surface area contributed by atoms with Gasteiger partial charge < -0.3 is 24.3 Å². The average molecular weight is 543 g/mol. The molecule has 1 aliphatic rings. The molecule has 202 valence electrons. The third kappa shape index (κ3) is 7.51. The Labute approximate surface area is 225 Å². The average Bonchev–Trinajstić information content (AvgIpc) is 3.16. The molecule has 0 aromatic heterocycles. The molecule has 2 aromatic rings. The molecule has 0 unspecified atom stereocenters. The first-order valence-electron chi connectivity index (χ1n) is 12.0. The Balaban J connectivity index is 1.64. The molecule has 0 radical (unpaired) electrons. The second-order valence-electron chi connectivity index (χ2n) is 8.15. The van der Waals surface area contributed by atoms with Gasteiger partial charge in [0.2, 0.25) is 0 Å². The normalized spacial score (nSPS) is 14.8. The van der Waals surface area contributed by atoms with Gasteiger partial charge >= 0.3 is 5.97 Å². The summed E-state index contributed by atoms with van der Waals surface area (Å²) in [6.07, 6.45) is 1.85. The molecule has 0 bridgehead atoms. The first kappa shape index (κ1) is 28.6. The largest absolute Gasteiger partial charge is 0.493 e. The van der Waals surface area contributed by atoms with Gasteiger partial charge in [0.15, 0.2) is 18.1 Å². The van der Waals surface area contributed by atoms with E-state index >= 15 is 0 Å². The van der Waals surface area contributed by atoms with Gasteiger partial charge in [0.1, 0.15) is 12.3 Å². The van der Waals surface area contributed by atoms with Crippen molar-refractivity contribution >= 4 is 46.5 Å². The number of nitrogens with zero attached hydrogens (tertiary/aromatic N) is 1. The molecule has 1 atom stereocenters. The number of ether oxygens (including phenoxy) is 4. The molecule has 1 N–H and O–H groups in total. The fourth-order valence-corrected chi connectivity index (χ4v) is 4.17. The molecule has 2 aromatic carbocycles. The van der Waals surface area contributed by atoms with Gasteiger partial charge in [0.25, 0.3) is 17.1 Å². The predicted molar refractivity (Wildman–Crippen MR) is 143 cm³/mol. The van der Waals surface area contributed by atoms with Crippen LogP contribution in [0.2, 0.25) is 0 Å². The molecule has 11 heteroatoms. The molecule has 1 saturated heterocycles. The van der Waals surface area contributed by atoms with Crippen LogP contribution in [0.4, 0.5) is 10.5 Å². The van der Waals surface area contributed by atoms with E-state index < -0.39 is 23.7 Å². The van der Waals surface area contributed by atoms with E-state index in [9.17, 15) is 19.2 Å². The number of thioether (sulfide) groups is 1. The molecule has 3 amide bonds. The van der Waals surface area contributed by atoms with Crippen molar-refractivity contribution in [3.05, 3.63) is 52.9 Å². The van der Waals surface area contributed by atoms with Crippen molar-refractivity contribution in [1.82, 2.24) is 4.90 Å². The Morgan fingerprint density at radius 3 is 2.53 bits per heavy atom. The monoisotopic (exact) mass is 542 g/mol. The first-order chi connectivity index (χ1) is 18.2. The number of amides is 3. The summed E-state index contributed by atoms with van der Waals surface area (Å²) >= 11 is 0.736. The van der Waals surface area contributed by atoms with E-state index in [1.54, 1.807) is 43.3 Å². The van der Waals surface area contributed by atoms with Crippen LogP contribution in [0.25, 0.3) is 6.08 Å². The summed E-state index contributed by atoms with van der Waals surface area (Å²) in [5.41, 5.74) is 1.10. The number of anilines is 1. The zero-order valence-electron chi connectivity index (χ0n) is 21.6. The highest BCUT2D eigenvalue weighted by molar-refractivity contribution is 8.18. The molecule has 0 spiro atoms. The highest BCUT2D eigenvalue weighted by Gasteiger charge is 2.37. The molecule has 10 nitrogen and oxygen atoms in total. The van der Waals surface area contributed by atoms with Gasteiger partial charge in [-0.15, -0.1) is 0 Å². The molecular formula is C27H30N2O8S. The van der Waals surface area contributed by atoms with Gasteiger partial charge in [-0.3, -0.25) is 24.1 Å². The highest BCUT2D eigenvalue weighted by atomic mass is 32.2. The third-order valence-electron chi connectivity index (χ3n) is 5.37. The van der Waals surface area contributed by atoms with Gasteiger partial charge in [0, 0.05) is 0 Å². The quantitative estimate of drug-likeness (QED) is 0.305. The van der Waals surface area contributed by atoms with Crippen molar-refractivity contribution in [3.63, 3.8) is 0 Å². The summed E-state index contributed by atoms with van der Waals surface area (Å²) < 4.78 is 21.7. The Morgan fingerprint density at radius 2 is 1.82 bits per heavy atom. The van der Waals surface area contributed by atoms with Gasteiger partial charge in [-0.1, -0.05) is 25.1 Å². The van der Waals surface area contributed by atoms with Gasteiger partial charge in [-0.25, -0.2) is 0 Å². The molecule has 1 aliphatic heterocycles. The van der Waals surface area contributed by atoms with E-state index in [1.807, 2.05) is 19.9 Å². The topological polar surface area (TPSA) is 120 Å². The van der Waals surface area contributed by atoms with Crippen molar-refractivity contribution in [1.29, 1.82) is 0 Å². The molecule has 3 rings (SSSR count). The van der Waals surface area contributed by atoms with Crippen LogP contribution in [0.3, 0.4) is 0 Å². The van der Waals surface area contributed by atoms with E-state index in [4.69, 9.17) is 18.9 Å². The summed E-state index contributed by atoms with van der Waals surface area (Å²) in [7, 11) is 1.45. The number of methoxy groups -OCH3 is 1. The minimum absolute atomic E-state index is 0.161. The van der Waals surface area contributed by atoms with Crippen LogP contribution < -0.4 is 19.5 Å². The Hall–Kier alpha value is -3.99. The summed E-state index contributed by atoms with van der Waals surface area (Å²) in [6.45, 7) is 5.20. The molecule has 1 heterocycles. The lowest BCUT2D eigenvalue weighted by atomic mass is 10.2. The maximum absolute atomic E-state index is 12.7. The number of carbonyl (C=O) groups is 4. The van der Waals surface area contributed by atoms with Crippen LogP contribution in [0.5, 0.6) is 17.2 Å². The van der Waals surface area contributed by atoms with Gasteiger partial charge in [0.05, 0.1) is 30.4 Å². The lowest BCUT2D eigenvalue weighted by Crippen LogP contribution is -2.35. The van der Waals surface area contributed by atoms with Crippen molar-refractivity contribution in [3.8, 4) is 17.2 Å². The number of nitrogens with one attached hydrogen (secondary N) is 1. The molecule has 1 fully saturated rings. The number of benzene rings is 2. The van der Waals surface area contributed by atoms with Crippen LogP contribution in [0, 0.1) is 0 Å². The SMILES string of the molecule is CCOc1ccccc1NC(=O)COc1ccc(/C=C2/SC(=O)N(CC(=O)O[C@@H](C)CC)C2=O)cc1OC. The number of hydrogen-bond acceptors (Lipinski definition) is 9. The van der Waals surface area contributed by atoms with Crippen molar-refractivity contribution < 1.29 is 38.1 Å². The maximum atomic E-state index is 12.7. The highest BCUT2D eigenvalue weighted by Crippen LogP contribution is 2.34. The third-order valence-corrected chi connectivity index (χ3v) is 6.28. The smallest absolute Gasteiger partial charge is 0.326 e. The summed E-state index contributed by atoms with van der Waals surface area (Å²) in [6, 6.07) is 12.0. The summed E-state index contributed by atoms with van der Waals surface area (Å²) in [4.78, 5) is 50.5. The number of imide groups is 1. The van der Waals surface area contributed by atoms with Crippen LogP contribution in [0.15, 0.2) is 47.4 Å². The Kier molecular flexibility index (Phi) is 10.2. The minimum atomic E-state index is -0.642. The van der Waals surface area contributed by atoms with E-state index in [1.165, 1.54) is 13.2 Å². The second-order valence-corrected chi connectivity index (χ2v) is 9.15. The summed E-state index contributed by atoms with van der Waals surface area (Å²) in [5, 5.41) is 2.20. The number of esters is 1. The van der Waals surface area contributed by atoms with Crippen LogP contribution >= 0.6 is 11.8 Å². The second kappa shape index (κ2) is 13.5. The van der Waals surface area contributed by atoms with E-state index in [2.05, 4.69) is 5.32 Å². The van der Waals surface area contributed by atoms with Crippen molar-refractivity contribution in [2.75, 3.05) is 32.2 Å². The predicted octanol–water partition coefficient (Wildman–Crippen LogP) is 4.49. The number of hydrogen-bond donors (Lipinski definition) is 1. The van der Waals surface area contributed by atoms with Crippen LogP contribution in [-0.4, -0.2) is 60.9 Å². The van der Waals surface area contributed by atoms with E-state index in [0.29, 0.717) is 41.5 Å². The molecule has 0 saturated carbocycles.